The standard InChI is InChI=1S/C13H25NO3/c1-13(2)10-14-7-12(17-13)9-15-8-11-5-3-4-6-16-11/h11-12,14H,3-10H2,1-2H3. The zero-order valence-corrected chi connectivity index (χ0v) is 11.0. The zero-order chi connectivity index (χ0) is 12.1. The number of rotatable bonds is 4. The van der Waals surface area contributed by atoms with Crippen LogP contribution in [0.5, 0.6) is 0 Å². The molecule has 17 heavy (non-hydrogen) atoms. The zero-order valence-electron chi connectivity index (χ0n) is 11.0. The first-order chi connectivity index (χ1) is 8.16. The van der Waals surface area contributed by atoms with Crippen molar-refractivity contribution in [2.45, 2.75) is 50.9 Å². The third kappa shape index (κ3) is 4.54. The fourth-order valence-corrected chi connectivity index (χ4v) is 2.43. The van der Waals surface area contributed by atoms with Gasteiger partial charge < -0.3 is 19.5 Å². The molecule has 0 aliphatic carbocycles. The van der Waals surface area contributed by atoms with Gasteiger partial charge in [-0.25, -0.2) is 0 Å². The van der Waals surface area contributed by atoms with E-state index in [1.807, 2.05) is 0 Å². The Hall–Kier alpha value is -0.160. The maximum absolute atomic E-state index is 5.93. The number of hydrogen-bond donors (Lipinski definition) is 1. The summed E-state index contributed by atoms with van der Waals surface area (Å²) in [6.07, 6.45) is 4.06. The van der Waals surface area contributed by atoms with Crippen LogP contribution < -0.4 is 5.32 Å². The molecule has 0 amide bonds. The Morgan fingerprint density at radius 1 is 1.24 bits per heavy atom. The van der Waals surface area contributed by atoms with E-state index in [0.717, 1.165) is 26.1 Å². The summed E-state index contributed by atoms with van der Waals surface area (Å²) in [5.74, 6) is 0. The molecular formula is C13H25NO3. The van der Waals surface area contributed by atoms with Gasteiger partial charge >= 0.3 is 0 Å². The van der Waals surface area contributed by atoms with Gasteiger partial charge in [-0.3, -0.25) is 0 Å². The summed E-state index contributed by atoms with van der Waals surface area (Å²) in [4.78, 5) is 0. The monoisotopic (exact) mass is 243 g/mol. The van der Waals surface area contributed by atoms with Crippen LogP contribution in [-0.2, 0) is 14.2 Å². The van der Waals surface area contributed by atoms with Gasteiger partial charge in [0.05, 0.1) is 31.0 Å². The van der Waals surface area contributed by atoms with Crippen molar-refractivity contribution < 1.29 is 14.2 Å². The second-order valence-electron chi connectivity index (χ2n) is 5.66. The first kappa shape index (κ1) is 13.3. The molecule has 2 unspecified atom stereocenters. The fourth-order valence-electron chi connectivity index (χ4n) is 2.43. The Bertz CT molecular complexity index is 227. The van der Waals surface area contributed by atoms with E-state index in [-0.39, 0.29) is 11.7 Å². The van der Waals surface area contributed by atoms with Gasteiger partial charge in [-0.15, -0.1) is 0 Å². The number of hydrogen-bond acceptors (Lipinski definition) is 4. The van der Waals surface area contributed by atoms with Crippen LogP contribution in [0.1, 0.15) is 33.1 Å². The summed E-state index contributed by atoms with van der Waals surface area (Å²) in [5.41, 5.74) is -0.0758. The van der Waals surface area contributed by atoms with Crippen LogP contribution in [0, 0.1) is 0 Å². The molecule has 2 atom stereocenters. The highest BCUT2D eigenvalue weighted by Crippen LogP contribution is 2.16. The lowest BCUT2D eigenvalue weighted by atomic mass is 10.1. The number of morpholine rings is 1. The van der Waals surface area contributed by atoms with Crippen molar-refractivity contribution in [1.82, 2.24) is 5.32 Å². The molecule has 100 valence electrons. The molecule has 0 spiro atoms. The average molecular weight is 243 g/mol. The van der Waals surface area contributed by atoms with Crippen LogP contribution in [0.2, 0.25) is 0 Å². The van der Waals surface area contributed by atoms with E-state index < -0.39 is 0 Å². The van der Waals surface area contributed by atoms with Gasteiger partial charge in [0.1, 0.15) is 0 Å². The van der Waals surface area contributed by atoms with Crippen molar-refractivity contribution >= 4 is 0 Å². The molecule has 2 saturated heterocycles. The minimum atomic E-state index is -0.0758. The van der Waals surface area contributed by atoms with Crippen molar-refractivity contribution in [3.63, 3.8) is 0 Å². The lowest BCUT2D eigenvalue weighted by Crippen LogP contribution is -2.52. The molecule has 4 nitrogen and oxygen atoms in total. The molecule has 0 radical (unpaired) electrons. The Morgan fingerprint density at radius 3 is 2.76 bits per heavy atom. The molecule has 4 heteroatoms. The normalized spacial score (nSPS) is 33.5. The molecule has 1 N–H and O–H groups in total. The molecule has 0 bridgehead atoms. The van der Waals surface area contributed by atoms with E-state index in [1.165, 1.54) is 12.8 Å². The predicted molar refractivity (Wildman–Crippen MR) is 66.2 cm³/mol. The molecule has 0 aromatic carbocycles. The van der Waals surface area contributed by atoms with Gasteiger partial charge in [0.25, 0.3) is 0 Å². The van der Waals surface area contributed by atoms with E-state index in [0.29, 0.717) is 19.3 Å². The lowest BCUT2D eigenvalue weighted by molar-refractivity contribution is -0.130. The predicted octanol–water partition coefficient (Wildman–Crippen LogP) is 1.34. The quantitative estimate of drug-likeness (QED) is 0.809. The van der Waals surface area contributed by atoms with Crippen LogP contribution in [-0.4, -0.2) is 50.7 Å². The van der Waals surface area contributed by atoms with E-state index in [9.17, 15) is 0 Å². The fraction of sp³-hybridized carbons (Fsp3) is 1.00. The Labute approximate surface area is 104 Å². The largest absolute Gasteiger partial charge is 0.376 e. The highest BCUT2D eigenvalue weighted by atomic mass is 16.6. The summed E-state index contributed by atoms with van der Waals surface area (Å²) in [6.45, 7) is 8.27. The smallest absolute Gasteiger partial charge is 0.0940 e. The summed E-state index contributed by atoms with van der Waals surface area (Å²) in [5, 5.41) is 3.38. The molecule has 2 aliphatic rings. The number of ether oxygens (including phenoxy) is 3. The molecular weight excluding hydrogens is 218 g/mol. The van der Waals surface area contributed by atoms with Gasteiger partial charge in [0.2, 0.25) is 0 Å². The van der Waals surface area contributed by atoms with E-state index in [2.05, 4.69) is 19.2 Å². The Kier molecular flexibility index (Phi) is 4.79. The summed E-state index contributed by atoms with van der Waals surface area (Å²) < 4.78 is 17.3. The second-order valence-corrected chi connectivity index (χ2v) is 5.66. The topological polar surface area (TPSA) is 39.7 Å². The molecule has 2 heterocycles. The third-order valence-corrected chi connectivity index (χ3v) is 3.29. The van der Waals surface area contributed by atoms with Gasteiger partial charge in [-0.05, 0) is 33.1 Å². The van der Waals surface area contributed by atoms with Gasteiger partial charge in [-0.1, -0.05) is 0 Å². The molecule has 0 saturated carbocycles. The molecule has 0 aromatic heterocycles. The minimum absolute atomic E-state index is 0.0758. The van der Waals surface area contributed by atoms with Crippen LogP contribution in [0.25, 0.3) is 0 Å². The Balaban J connectivity index is 1.61. The van der Waals surface area contributed by atoms with Gasteiger partial charge in [0, 0.05) is 19.7 Å². The third-order valence-electron chi connectivity index (χ3n) is 3.29. The molecule has 2 fully saturated rings. The molecule has 0 aromatic rings. The lowest BCUT2D eigenvalue weighted by Gasteiger charge is -2.36. The van der Waals surface area contributed by atoms with Crippen molar-refractivity contribution in [2.75, 3.05) is 32.9 Å². The maximum Gasteiger partial charge on any atom is 0.0940 e. The minimum Gasteiger partial charge on any atom is -0.376 e. The van der Waals surface area contributed by atoms with Crippen LogP contribution in [0.4, 0.5) is 0 Å². The average Bonchev–Trinajstić information content (AvgIpc) is 2.29. The van der Waals surface area contributed by atoms with Gasteiger partial charge in [-0.2, -0.15) is 0 Å². The first-order valence-corrected chi connectivity index (χ1v) is 6.74. The van der Waals surface area contributed by atoms with Gasteiger partial charge in [0.15, 0.2) is 0 Å². The Morgan fingerprint density at radius 2 is 2.06 bits per heavy atom. The molecule has 2 rings (SSSR count). The van der Waals surface area contributed by atoms with Crippen LogP contribution in [0.15, 0.2) is 0 Å². The van der Waals surface area contributed by atoms with E-state index in [1.54, 1.807) is 0 Å². The first-order valence-electron chi connectivity index (χ1n) is 6.74. The van der Waals surface area contributed by atoms with Crippen LogP contribution >= 0.6 is 0 Å². The second kappa shape index (κ2) is 6.14. The van der Waals surface area contributed by atoms with Crippen molar-refractivity contribution in [2.24, 2.45) is 0 Å². The SMILES string of the molecule is CC1(C)CNCC(COCC2CCCCO2)O1. The van der Waals surface area contributed by atoms with Crippen molar-refractivity contribution in [1.29, 1.82) is 0 Å². The number of nitrogens with one attached hydrogen (secondary N) is 1. The van der Waals surface area contributed by atoms with E-state index >= 15 is 0 Å². The van der Waals surface area contributed by atoms with E-state index in [4.69, 9.17) is 14.2 Å². The summed E-state index contributed by atoms with van der Waals surface area (Å²) in [7, 11) is 0. The highest BCUT2D eigenvalue weighted by Gasteiger charge is 2.28. The summed E-state index contributed by atoms with van der Waals surface area (Å²) in [6, 6.07) is 0. The van der Waals surface area contributed by atoms with Crippen molar-refractivity contribution in [3.8, 4) is 0 Å². The van der Waals surface area contributed by atoms with Crippen LogP contribution in [0.3, 0.4) is 0 Å². The summed E-state index contributed by atoms with van der Waals surface area (Å²) >= 11 is 0. The molecule has 2 aliphatic heterocycles. The van der Waals surface area contributed by atoms with Crippen molar-refractivity contribution in [3.05, 3.63) is 0 Å². The highest BCUT2D eigenvalue weighted by molar-refractivity contribution is 4.81. The maximum atomic E-state index is 5.93.